The molecule has 8 heteroatoms. The van der Waals surface area contributed by atoms with Crippen LogP contribution in [0, 0.1) is 6.92 Å². The summed E-state index contributed by atoms with van der Waals surface area (Å²) in [5.74, 6) is 1.42. The molecule has 24 heavy (non-hydrogen) atoms. The number of amides is 2. The highest BCUT2D eigenvalue weighted by atomic mass is 32.2. The van der Waals surface area contributed by atoms with Crippen molar-refractivity contribution in [3.8, 4) is 0 Å². The second-order valence-electron chi connectivity index (χ2n) is 5.51. The molecule has 1 saturated heterocycles. The summed E-state index contributed by atoms with van der Waals surface area (Å²) in [7, 11) is 0. The fraction of sp³-hybridized carbons (Fsp3) is 0.375. The zero-order valence-corrected chi connectivity index (χ0v) is 14.1. The molecule has 0 aliphatic carbocycles. The van der Waals surface area contributed by atoms with Crippen LogP contribution in [0.4, 0.5) is 0 Å². The molecule has 1 fully saturated rings. The normalized spacial score (nSPS) is 17.4. The average molecular weight is 346 g/mol. The largest absolute Gasteiger partial charge is 0.354 e. The average Bonchev–Trinajstić information content (AvgIpc) is 3.01. The summed E-state index contributed by atoms with van der Waals surface area (Å²) in [5.41, 5.74) is 0.534. The van der Waals surface area contributed by atoms with Crippen molar-refractivity contribution >= 4 is 23.6 Å². The molecule has 1 aromatic carbocycles. The Labute approximate surface area is 143 Å². The summed E-state index contributed by atoms with van der Waals surface area (Å²) < 4.78 is 5.06. The van der Waals surface area contributed by atoms with Gasteiger partial charge in [0, 0.05) is 17.0 Å². The van der Waals surface area contributed by atoms with Gasteiger partial charge in [0.15, 0.2) is 5.82 Å². The molecular weight excluding hydrogens is 328 g/mol. The summed E-state index contributed by atoms with van der Waals surface area (Å²) >= 11 is 1.55. The number of nitrogens with zero attached hydrogens (tertiary/aromatic N) is 2. The molecule has 2 heterocycles. The molecule has 7 nitrogen and oxygen atoms in total. The third kappa shape index (κ3) is 4.14. The SMILES string of the molecule is Cc1noc(CSc2ccc(C(=O)N[C@@H]3CCCNC3=O)cc2)n1. The van der Waals surface area contributed by atoms with Crippen molar-refractivity contribution in [1.29, 1.82) is 0 Å². The lowest BCUT2D eigenvalue weighted by atomic mass is 10.1. The first kappa shape index (κ1) is 16.5. The molecule has 0 bridgehead atoms. The number of aromatic nitrogens is 2. The third-order valence-corrected chi connectivity index (χ3v) is 4.64. The Balaban J connectivity index is 1.55. The van der Waals surface area contributed by atoms with Gasteiger partial charge in [-0.3, -0.25) is 9.59 Å². The van der Waals surface area contributed by atoms with Gasteiger partial charge >= 0.3 is 0 Å². The van der Waals surface area contributed by atoms with Crippen LogP contribution in [0.3, 0.4) is 0 Å². The molecule has 2 aromatic rings. The standard InChI is InChI=1S/C16H18N4O3S/c1-10-18-14(23-20-10)9-24-12-6-4-11(5-7-12)15(21)19-13-3-2-8-17-16(13)22/h4-7,13H,2-3,8-9H2,1H3,(H,17,22)(H,19,21)/t13-/m1/s1. The van der Waals surface area contributed by atoms with Crippen LogP contribution in [0.2, 0.25) is 0 Å². The lowest BCUT2D eigenvalue weighted by molar-refractivity contribution is -0.124. The van der Waals surface area contributed by atoms with Crippen molar-refractivity contribution in [2.75, 3.05) is 6.54 Å². The van der Waals surface area contributed by atoms with Gasteiger partial charge in [-0.15, -0.1) is 11.8 Å². The Morgan fingerprint density at radius 1 is 1.42 bits per heavy atom. The molecule has 0 radical (unpaired) electrons. The Morgan fingerprint density at radius 3 is 2.88 bits per heavy atom. The van der Waals surface area contributed by atoms with Gasteiger partial charge in [-0.05, 0) is 44.0 Å². The Bertz CT molecular complexity index is 729. The van der Waals surface area contributed by atoms with E-state index in [1.54, 1.807) is 30.8 Å². The molecule has 0 unspecified atom stereocenters. The number of nitrogens with one attached hydrogen (secondary N) is 2. The van der Waals surface area contributed by atoms with Crippen molar-refractivity contribution in [1.82, 2.24) is 20.8 Å². The summed E-state index contributed by atoms with van der Waals surface area (Å²) in [5, 5.41) is 9.27. The maximum absolute atomic E-state index is 12.2. The second kappa shape index (κ2) is 7.48. The predicted molar refractivity (Wildman–Crippen MR) is 88.5 cm³/mol. The highest BCUT2D eigenvalue weighted by molar-refractivity contribution is 7.98. The molecule has 1 aliphatic rings. The van der Waals surface area contributed by atoms with Crippen molar-refractivity contribution in [3.05, 3.63) is 41.5 Å². The molecule has 0 spiro atoms. The van der Waals surface area contributed by atoms with Crippen LogP contribution < -0.4 is 10.6 Å². The van der Waals surface area contributed by atoms with Gasteiger partial charge in [-0.25, -0.2) is 0 Å². The summed E-state index contributed by atoms with van der Waals surface area (Å²) in [6.45, 7) is 2.45. The molecule has 1 aromatic heterocycles. The second-order valence-corrected chi connectivity index (χ2v) is 6.56. The first-order chi connectivity index (χ1) is 11.6. The Hall–Kier alpha value is -2.35. The first-order valence-corrected chi connectivity index (χ1v) is 8.71. The summed E-state index contributed by atoms with van der Waals surface area (Å²) in [6, 6.07) is 6.78. The van der Waals surface area contributed by atoms with Crippen LogP contribution in [0.15, 0.2) is 33.7 Å². The van der Waals surface area contributed by atoms with Gasteiger partial charge in [-0.2, -0.15) is 4.98 Å². The number of piperidine rings is 1. The number of carbonyl (C=O) groups is 2. The van der Waals surface area contributed by atoms with Gasteiger partial charge in [0.05, 0.1) is 5.75 Å². The van der Waals surface area contributed by atoms with Crippen LogP contribution in [0.1, 0.15) is 34.9 Å². The lowest BCUT2D eigenvalue weighted by Crippen LogP contribution is -2.50. The zero-order valence-electron chi connectivity index (χ0n) is 13.2. The van der Waals surface area contributed by atoms with Crippen LogP contribution in [0.5, 0.6) is 0 Å². The number of hydrogen-bond acceptors (Lipinski definition) is 6. The van der Waals surface area contributed by atoms with Gasteiger partial charge in [0.1, 0.15) is 6.04 Å². The van der Waals surface area contributed by atoms with Crippen molar-refractivity contribution in [2.24, 2.45) is 0 Å². The molecule has 2 N–H and O–H groups in total. The topological polar surface area (TPSA) is 97.1 Å². The van der Waals surface area contributed by atoms with E-state index >= 15 is 0 Å². The van der Waals surface area contributed by atoms with E-state index < -0.39 is 6.04 Å². The third-order valence-electron chi connectivity index (χ3n) is 3.64. The summed E-state index contributed by atoms with van der Waals surface area (Å²) in [4.78, 5) is 29.0. The van der Waals surface area contributed by atoms with E-state index in [-0.39, 0.29) is 11.8 Å². The quantitative estimate of drug-likeness (QED) is 0.800. The number of carbonyl (C=O) groups excluding carboxylic acids is 2. The monoisotopic (exact) mass is 346 g/mol. The van der Waals surface area contributed by atoms with E-state index in [0.717, 1.165) is 11.3 Å². The highest BCUT2D eigenvalue weighted by Gasteiger charge is 2.23. The minimum atomic E-state index is -0.443. The number of aryl methyl sites for hydroxylation is 1. The van der Waals surface area contributed by atoms with E-state index in [0.29, 0.717) is 36.0 Å². The van der Waals surface area contributed by atoms with E-state index in [9.17, 15) is 9.59 Å². The van der Waals surface area contributed by atoms with Crippen molar-refractivity contribution < 1.29 is 14.1 Å². The zero-order chi connectivity index (χ0) is 16.9. The van der Waals surface area contributed by atoms with E-state index in [2.05, 4.69) is 20.8 Å². The minimum absolute atomic E-state index is 0.114. The van der Waals surface area contributed by atoms with E-state index in [1.165, 1.54) is 0 Å². The molecule has 3 rings (SSSR count). The molecule has 126 valence electrons. The van der Waals surface area contributed by atoms with Crippen molar-refractivity contribution in [3.63, 3.8) is 0 Å². The fourth-order valence-electron chi connectivity index (χ4n) is 2.40. The van der Waals surface area contributed by atoms with Gasteiger partial charge in [-0.1, -0.05) is 5.16 Å². The molecular formula is C16H18N4O3S. The number of rotatable bonds is 5. The molecule has 2 amide bonds. The van der Waals surface area contributed by atoms with E-state index in [4.69, 9.17) is 4.52 Å². The maximum Gasteiger partial charge on any atom is 0.251 e. The van der Waals surface area contributed by atoms with Gasteiger partial charge in [0.2, 0.25) is 11.8 Å². The highest BCUT2D eigenvalue weighted by Crippen LogP contribution is 2.22. The predicted octanol–water partition coefficient (Wildman–Crippen LogP) is 1.68. The van der Waals surface area contributed by atoms with Crippen LogP contribution in [-0.2, 0) is 10.5 Å². The van der Waals surface area contributed by atoms with Crippen LogP contribution in [0.25, 0.3) is 0 Å². The summed E-state index contributed by atoms with van der Waals surface area (Å²) in [6.07, 6.45) is 1.55. The maximum atomic E-state index is 12.2. The smallest absolute Gasteiger partial charge is 0.251 e. The number of hydrogen-bond donors (Lipinski definition) is 2. The number of benzene rings is 1. The minimum Gasteiger partial charge on any atom is -0.354 e. The molecule has 1 aliphatic heterocycles. The van der Waals surface area contributed by atoms with Crippen molar-refractivity contribution in [2.45, 2.75) is 36.5 Å². The van der Waals surface area contributed by atoms with Crippen LogP contribution >= 0.6 is 11.8 Å². The van der Waals surface area contributed by atoms with E-state index in [1.807, 2.05) is 12.1 Å². The Morgan fingerprint density at radius 2 is 2.21 bits per heavy atom. The molecule has 1 atom stereocenters. The number of thioether (sulfide) groups is 1. The lowest BCUT2D eigenvalue weighted by Gasteiger charge is -2.22. The molecule has 0 saturated carbocycles. The van der Waals surface area contributed by atoms with Crippen LogP contribution in [-0.4, -0.2) is 34.5 Å². The Kier molecular flexibility index (Phi) is 5.14. The fourth-order valence-corrected chi connectivity index (χ4v) is 3.13. The van der Waals surface area contributed by atoms with Gasteiger partial charge in [0.25, 0.3) is 5.91 Å². The van der Waals surface area contributed by atoms with Gasteiger partial charge < -0.3 is 15.2 Å². The first-order valence-electron chi connectivity index (χ1n) is 7.72.